The maximum absolute atomic E-state index is 13.0. The molecule has 11 heteroatoms. The Kier molecular flexibility index (Phi) is 7.43. The summed E-state index contributed by atoms with van der Waals surface area (Å²) in [6.45, 7) is 0. The molecule has 1 aliphatic carbocycles. The summed E-state index contributed by atoms with van der Waals surface area (Å²) in [6, 6.07) is 8.37. The molecule has 1 fully saturated rings. The maximum atomic E-state index is 13.0. The van der Waals surface area contributed by atoms with Crippen LogP contribution in [0.1, 0.15) is 53.0 Å². The van der Waals surface area contributed by atoms with Crippen LogP contribution in [0.5, 0.6) is 0 Å². The highest BCUT2D eigenvalue weighted by Gasteiger charge is 2.41. The number of fused-ring (bicyclic) bond motifs is 1. The van der Waals surface area contributed by atoms with Crippen LogP contribution >= 0.6 is 43.2 Å². The van der Waals surface area contributed by atoms with Gasteiger partial charge in [0.2, 0.25) is 5.91 Å². The highest BCUT2D eigenvalue weighted by atomic mass is 79.9. The zero-order valence-electron chi connectivity index (χ0n) is 19.1. The Bertz CT molecular complexity index is 1290. The van der Waals surface area contributed by atoms with Crippen molar-refractivity contribution in [3.8, 4) is 0 Å². The topological polar surface area (TPSA) is 116 Å². The molecule has 0 bridgehead atoms. The molecule has 36 heavy (non-hydrogen) atoms. The lowest BCUT2D eigenvalue weighted by molar-refractivity contribution is -0.117. The summed E-state index contributed by atoms with van der Waals surface area (Å²) in [5.41, 5.74) is 3.07. The van der Waals surface area contributed by atoms with Crippen molar-refractivity contribution in [3.05, 3.63) is 72.8 Å². The summed E-state index contributed by atoms with van der Waals surface area (Å²) in [7, 11) is 0. The van der Waals surface area contributed by atoms with E-state index in [4.69, 9.17) is 0 Å². The normalized spacial score (nSPS) is 21.9. The van der Waals surface area contributed by atoms with Crippen molar-refractivity contribution in [3.63, 3.8) is 0 Å². The highest BCUT2D eigenvalue weighted by Crippen LogP contribution is 2.39. The van der Waals surface area contributed by atoms with E-state index in [0.29, 0.717) is 30.5 Å². The zero-order chi connectivity index (χ0) is 25.4. The lowest BCUT2D eigenvalue weighted by atomic mass is 10.0. The number of benzene rings is 1. The molecular formula is C25H24Br2N4O4S. The molecule has 3 aromatic rings. The van der Waals surface area contributed by atoms with E-state index in [-0.39, 0.29) is 17.9 Å². The van der Waals surface area contributed by atoms with Crippen LogP contribution in [0.3, 0.4) is 0 Å². The summed E-state index contributed by atoms with van der Waals surface area (Å²) in [5.74, 6) is -0.347. The lowest BCUT2D eigenvalue weighted by Crippen LogP contribution is -2.44. The number of hydrogen-bond donors (Lipinski definition) is 3. The number of carbonyl (C=O) groups is 2. The van der Waals surface area contributed by atoms with Crippen molar-refractivity contribution in [2.24, 2.45) is 0 Å². The van der Waals surface area contributed by atoms with Crippen LogP contribution in [0, 0.1) is 0 Å². The number of likely N-dealkylation sites (tertiary alicyclic amines) is 1. The Morgan fingerprint density at radius 1 is 1.22 bits per heavy atom. The molecule has 0 saturated carbocycles. The average molecular weight is 636 g/mol. The van der Waals surface area contributed by atoms with Gasteiger partial charge in [-0.25, -0.2) is 9.78 Å². The number of thiazole rings is 1. The first kappa shape index (κ1) is 25.3. The molecule has 3 heterocycles. The van der Waals surface area contributed by atoms with Crippen molar-refractivity contribution < 1.29 is 19.8 Å². The Balaban J connectivity index is 1.26. The van der Waals surface area contributed by atoms with Crippen LogP contribution in [0.2, 0.25) is 0 Å². The lowest BCUT2D eigenvalue weighted by Gasteiger charge is -2.31. The minimum atomic E-state index is -1.04. The van der Waals surface area contributed by atoms with Gasteiger partial charge in [-0.15, -0.1) is 11.3 Å². The molecule has 5 rings (SSSR count). The first-order valence-corrected chi connectivity index (χ1v) is 14.1. The molecule has 1 saturated heterocycles. The van der Waals surface area contributed by atoms with Crippen LogP contribution in [0.15, 0.2) is 51.1 Å². The van der Waals surface area contributed by atoms with Gasteiger partial charge >= 0.3 is 6.09 Å². The second-order valence-electron chi connectivity index (χ2n) is 9.09. The molecule has 2 aliphatic rings. The third-order valence-corrected chi connectivity index (χ3v) is 9.17. The van der Waals surface area contributed by atoms with Crippen molar-refractivity contribution >= 4 is 60.9 Å². The molecule has 2 amide bonds. The predicted octanol–water partition coefficient (Wildman–Crippen LogP) is 5.52. The van der Waals surface area contributed by atoms with Gasteiger partial charge in [0.15, 0.2) is 3.92 Å². The van der Waals surface area contributed by atoms with Crippen molar-refractivity contribution in [2.75, 3.05) is 5.32 Å². The number of aryl methyl sites for hydroxylation is 1. The zero-order valence-corrected chi connectivity index (χ0v) is 23.1. The number of nitrogens with one attached hydrogen (secondary N) is 1. The number of rotatable bonds is 6. The van der Waals surface area contributed by atoms with E-state index in [1.165, 1.54) is 4.90 Å². The fourth-order valence-corrected chi connectivity index (χ4v) is 7.39. The van der Waals surface area contributed by atoms with Gasteiger partial charge in [0.1, 0.15) is 6.10 Å². The molecule has 2 aromatic heterocycles. The molecule has 4 atom stereocenters. The number of carbonyl (C=O) groups excluding carboxylic acids is 1. The highest BCUT2D eigenvalue weighted by molar-refractivity contribution is 9.11. The van der Waals surface area contributed by atoms with Crippen LogP contribution in [-0.4, -0.2) is 49.2 Å². The van der Waals surface area contributed by atoms with Crippen LogP contribution in [0.4, 0.5) is 10.5 Å². The molecular weight excluding hydrogens is 612 g/mol. The van der Waals surface area contributed by atoms with E-state index >= 15 is 0 Å². The second-order valence-corrected chi connectivity index (χ2v) is 12.3. The second kappa shape index (κ2) is 10.6. The van der Waals surface area contributed by atoms with E-state index < -0.39 is 18.2 Å². The standard InChI is InChI=1S/C25H24Br2N4O4S/c26-17-11-13(3-6-18(17)29-23(33)16-5-8-20-21(16)30-24(27)36-20)10-15-4-7-19(31(15)25(34)35)22(32)14-2-1-9-28-12-14/h1-3,6,9,11-12,15-16,19,22,32H,4-5,7-8,10H2,(H,29,33)(H,34,35)/t15-,16-,19+,22?/m0/s1. The van der Waals surface area contributed by atoms with Gasteiger partial charge in [0.05, 0.1) is 23.3 Å². The summed E-state index contributed by atoms with van der Waals surface area (Å²) < 4.78 is 1.53. The van der Waals surface area contributed by atoms with Gasteiger partial charge in [-0.3, -0.25) is 14.7 Å². The number of aliphatic hydroxyl groups is 1. The van der Waals surface area contributed by atoms with E-state index in [1.807, 2.05) is 18.2 Å². The third kappa shape index (κ3) is 5.06. The Morgan fingerprint density at radius 2 is 2.06 bits per heavy atom. The molecule has 0 radical (unpaired) electrons. The van der Waals surface area contributed by atoms with E-state index in [2.05, 4.69) is 47.1 Å². The smallest absolute Gasteiger partial charge is 0.407 e. The van der Waals surface area contributed by atoms with E-state index in [9.17, 15) is 19.8 Å². The number of halogens is 2. The van der Waals surface area contributed by atoms with Gasteiger partial charge in [0.25, 0.3) is 0 Å². The Morgan fingerprint density at radius 3 is 2.78 bits per heavy atom. The molecule has 0 spiro atoms. The number of pyridine rings is 1. The van der Waals surface area contributed by atoms with Crippen molar-refractivity contribution in [1.82, 2.24) is 14.9 Å². The van der Waals surface area contributed by atoms with Gasteiger partial charge in [-0.05, 0) is 87.7 Å². The maximum Gasteiger partial charge on any atom is 0.407 e. The number of amides is 2. The molecule has 1 aliphatic heterocycles. The monoisotopic (exact) mass is 634 g/mol. The molecule has 1 aromatic carbocycles. The van der Waals surface area contributed by atoms with Crippen LogP contribution in [0.25, 0.3) is 0 Å². The Labute approximate surface area is 229 Å². The van der Waals surface area contributed by atoms with Crippen LogP contribution in [-0.2, 0) is 17.6 Å². The first-order valence-electron chi connectivity index (χ1n) is 11.7. The quantitative estimate of drug-likeness (QED) is 0.329. The minimum absolute atomic E-state index is 0.0833. The van der Waals surface area contributed by atoms with Gasteiger partial charge in [-0.1, -0.05) is 12.1 Å². The number of aliphatic hydroxyl groups excluding tert-OH is 1. The van der Waals surface area contributed by atoms with Gasteiger partial charge in [-0.2, -0.15) is 0 Å². The van der Waals surface area contributed by atoms with Crippen LogP contribution < -0.4 is 5.32 Å². The number of aromatic nitrogens is 2. The summed E-state index contributed by atoms with van der Waals surface area (Å²) in [5, 5.41) is 23.8. The van der Waals surface area contributed by atoms with Gasteiger partial charge in [0, 0.05) is 33.3 Å². The Hall–Kier alpha value is -2.34. The molecule has 3 N–H and O–H groups in total. The van der Waals surface area contributed by atoms with E-state index in [0.717, 1.165) is 37.4 Å². The summed E-state index contributed by atoms with van der Waals surface area (Å²) in [6.07, 6.45) is 4.55. The largest absolute Gasteiger partial charge is 0.465 e. The minimum Gasteiger partial charge on any atom is -0.465 e. The van der Waals surface area contributed by atoms with Gasteiger partial charge < -0.3 is 15.5 Å². The molecule has 1 unspecified atom stereocenters. The predicted molar refractivity (Wildman–Crippen MR) is 143 cm³/mol. The number of anilines is 1. The fourth-order valence-electron chi connectivity index (χ4n) is 5.23. The summed E-state index contributed by atoms with van der Waals surface area (Å²) >= 11 is 8.55. The fraction of sp³-hybridized carbons (Fsp3) is 0.360. The summed E-state index contributed by atoms with van der Waals surface area (Å²) in [4.78, 5) is 36.2. The molecule has 8 nitrogen and oxygen atoms in total. The first-order chi connectivity index (χ1) is 17.3. The SMILES string of the molecule is O=C(Nc1ccc(C[C@@H]2CC[C@H](C(O)c3cccnc3)N2C(=O)O)cc1Br)[C@H]1CCc2sc(Br)nc21. The van der Waals surface area contributed by atoms with Crippen molar-refractivity contribution in [2.45, 2.75) is 56.2 Å². The number of hydrogen-bond acceptors (Lipinski definition) is 6. The van der Waals surface area contributed by atoms with Crippen molar-refractivity contribution in [1.29, 1.82) is 0 Å². The van der Waals surface area contributed by atoms with E-state index in [1.54, 1.807) is 35.9 Å². The third-order valence-electron chi connectivity index (χ3n) is 6.93. The number of nitrogens with zero attached hydrogens (tertiary/aromatic N) is 3. The molecule has 188 valence electrons. The average Bonchev–Trinajstić information content (AvgIpc) is 3.54. The number of carboxylic acid groups (broad SMARTS) is 1.